The summed E-state index contributed by atoms with van der Waals surface area (Å²) in [5.74, 6) is -0.101. The van der Waals surface area contributed by atoms with Crippen molar-refractivity contribution in [3.63, 3.8) is 0 Å². The van der Waals surface area contributed by atoms with E-state index in [9.17, 15) is 4.79 Å². The van der Waals surface area contributed by atoms with Crippen LogP contribution in [0.15, 0.2) is 69.9 Å². The first kappa shape index (κ1) is 15.8. The average molecular weight is 394 g/mol. The molecule has 0 bridgehead atoms. The number of halogens is 1. The Labute approximate surface area is 154 Å². The van der Waals surface area contributed by atoms with Crippen LogP contribution in [0.1, 0.15) is 12.5 Å². The molecule has 0 saturated carbocycles. The number of anilines is 1. The van der Waals surface area contributed by atoms with Gasteiger partial charge in [-0.25, -0.2) is 0 Å². The molecular weight excluding hydrogens is 378 g/mol. The van der Waals surface area contributed by atoms with Crippen LogP contribution in [0.4, 0.5) is 5.69 Å². The number of nitrogens with zero attached hydrogens (tertiary/aromatic N) is 3. The van der Waals surface area contributed by atoms with Gasteiger partial charge in [-0.2, -0.15) is 10.1 Å². The maximum absolute atomic E-state index is 12.9. The first-order valence-corrected chi connectivity index (χ1v) is 8.75. The van der Waals surface area contributed by atoms with Gasteiger partial charge in [-0.15, -0.1) is 0 Å². The van der Waals surface area contributed by atoms with Crippen molar-refractivity contribution in [2.24, 2.45) is 12.1 Å². The van der Waals surface area contributed by atoms with Gasteiger partial charge in [0.1, 0.15) is 0 Å². The number of fused-ring (bicyclic) bond motifs is 1. The summed E-state index contributed by atoms with van der Waals surface area (Å²) in [5.41, 5.74) is 4.25. The van der Waals surface area contributed by atoms with Crippen LogP contribution in [0.5, 0.6) is 0 Å². The van der Waals surface area contributed by atoms with Crippen molar-refractivity contribution < 1.29 is 4.79 Å². The molecule has 4 nitrogen and oxygen atoms in total. The number of hydrogen-bond acceptors (Lipinski definition) is 2. The molecule has 2 aromatic carbocycles. The predicted octanol–water partition coefficient (Wildman–Crippen LogP) is 4.75. The molecular formula is C20H16BrN3O. The molecule has 0 N–H and O–H groups in total. The number of hydrogen-bond donors (Lipinski definition) is 0. The number of aryl methyl sites for hydroxylation is 1. The molecule has 1 aromatic heterocycles. The third kappa shape index (κ3) is 2.70. The number of carbonyl (C=O) groups is 1. The van der Waals surface area contributed by atoms with E-state index < -0.39 is 0 Å². The summed E-state index contributed by atoms with van der Waals surface area (Å²) < 4.78 is 3.08. The molecule has 0 spiro atoms. The largest absolute Gasteiger partial charge is 0.350 e. The van der Waals surface area contributed by atoms with Gasteiger partial charge in [0.05, 0.1) is 17.0 Å². The van der Waals surface area contributed by atoms with Crippen molar-refractivity contribution in [2.45, 2.75) is 6.92 Å². The molecule has 124 valence electrons. The Bertz CT molecular complexity index is 1050. The topological polar surface area (TPSA) is 37.6 Å². The van der Waals surface area contributed by atoms with Crippen molar-refractivity contribution in [3.8, 4) is 0 Å². The van der Waals surface area contributed by atoms with Crippen molar-refractivity contribution in [1.82, 2.24) is 4.57 Å². The molecule has 0 atom stereocenters. The summed E-state index contributed by atoms with van der Waals surface area (Å²) in [4.78, 5) is 12.9. The Balaban J connectivity index is 1.79. The fourth-order valence-corrected chi connectivity index (χ4v) is 3.45. The Morgan fingerprint density at radius 2 is 1.88 bits per heavy atom. The Morgan fingerprint density at radius 1 is 1.12 bits per heavy atom. The highest BCUT2D eigenvalue weighted by molar-refractivity contribution is 9.10. The number of hydrazone groups is 1. The molecule has 0 aliphatic carbocycles. The number of benzene rings is 2. The number of amides is 1. The third-order valence-electron chi connectivity index (χ3n) is 4.35. The maximum atomic E-state index is 12.9. The molecule has 1 aliphatic heterocycles. The monoisotopic (exact) mass is 393 g/mol. The first-order valence-electron chi connectivity index (χ1n) is 7.96. The van der Waals surface area contributed by atoms with E-state index in [4.69, 9.17) is 0 Å². The highest BCUT2D eigenvalue weighted by atomic mass is 79.9. The van der Waals surface area contributed by atoms with Crippen molar-refractivity contribution in [1.29, 1.82) is 0 Å². The average Bonchev–Trinajstić information content (AvgIpc) is 3.07. The van der Waals surface area contributed by atoms with Gasteiger partial charge in [0, 0.05) is 34.2 Å². The standard InChI is InChI=1S/C20H16BrN3O/c1-13-17(20(25)24(22-13)16-6-4-3-5-7-16)10-14-12-23(2)19-9-8-15(21)11-18(14)19/h3-12H,1-2H3/b17-10-. The molecule has 2 heterocycles. The van der Waals surface area contributed by atoms with E-state index >= 15 is 0 Å². The third-order valence-corrected chi connectivity index (χ3v) is 4.84. The highest BCUT2D eigenvalue weighted by Gasteiger charge is 2.28. The zero-order chi connectivity index (χ0) is 17.6. The second-order valence-corrected chi connectivity index (χ2v) is 6.97. The second-order valence-electron chi connectivity index (χ2n) is 6.05. The van der Waals surface area contributed by atoms with Crippen molar-refractivity contribution in [3.05, 3.63) is 70.3 Å². The summed E-state index contributed by atoms with van der Waals surface area (Å²) in [7, 11) is 2.01. The number of para-hydroxylation sites is 1. The van der Waals surface area contributed by atoms with Crippen LogP contribution in [0.2, 0.25) is 0 Å². The minimum Gasteiger partial charge on any atom is -0.350 e. The van der Waals surface area contributed by atoms with Crippen LogP contribution in [0.25, 0.3) is 17.0 Å². The molecule has 0 unspecified atom stereocenters. The normalized spacial score (nSPS) is 16.1. The molecule has 0 fully saturated rings. The van der Waals surface area contributed by atoms with Crippen molar-refractivity contribution >= 4 is 50.2 Å². The van der Waals surface area contributed by atoms with E-state index in [1.54, 1.807) is 0 Å². The molecule has 0 saturated heterocycles. The van der Waals surface area contributed by atoms with E-state index in [0.717, 1.165) is 32.3 Å². The maximum Gasteiger partial charge on any atom is 0.280 e. The van der Waals surface area contributed by atoms with Crippen LogP contribution in [-0.4, -0.2) is 16.2 Å². The number of carbonyl (C=O) groups excluding carboxylic acids is 1. The van der Waals surface area contributed by atoms with Gasteiger partial charge in [0.15, 0.2) is 0 Å². The molecule has 25 heavy (non-hydrogen) atoms. The highest BCUT2D eigenvalue weighted by Crippen LogP contribution is 2.29. The van der Waals surface area contributed by atoms with E-state index in [-0.39, 0.29) is 5.91 Å². The summed E-state index contributed by atoms with van der Waals surface area (Å²) >= 11 is 3.52. The molecule has 4 rings (SSSR count). The van der Waals surface area contributed by atoms with Gasteiger partial charge in [-0.1, -0.05) is 34.1 Å². The van der Waals surface area contributed by atoms with Crippen LogP contribution in [-0.2, 0) is 11.8 Å². The van der Waals surface area contributed by atoms with Gasteiger partial charge in [-0.3, -0.25) is 4.79 Å². The summed E-state index contributed by atoms with van der Waals surface area (Å²) in [6, 6.07) is 15.6. The SMILES string of the molecule is CC1=NN(c2ccccc2)C(=O)/C1=C\c1cn(C)c2ccc(Br)cc12. The number of rotatable bonds is 2. The summed E-state index contributed by atoms with van der Waals surface area (Å²) in [6.45, 7) is 1.87. The molecule has 1 aliphatic rings. The van der Waals surface area contributed by atoms with E-state index in [1.165, 1.54) is 5.01 Å². The first-order chi connectivity index (χ1) is 12.0. The molecule has 3 aromatic rings. The van der Waals surface area contributed by atoms with Crippen LogP contribution in [0, 0.1) is 0 Å². The van der Waals surface area contributed by atoms with Gasteiger partial charge < -0.3 is 4.57 Å². The Hall–Kier alpha value is -2.66. The lowest BCUT2D eigenvalue weighted by molar-refractivity contribution is -0.114. The van der Waals surface area contributed by atoms with Gasteiger partial charge >= 0.3 is 0 Å². The molecule has 1 amide bonds. The fraction of sp³-hybridized carbons (Fsp3) is 0.100. The molecule has 5 heteroatoms. The van der Waals surface area contributed by atoms with Crippen molar-refractivity contribution in [2.75, 3.05) is 5.01 Å². The predicted molar refractivity (Wildman–Crippen MR) is 106 cm³/mol. The number of aromatic nitrogens is 1. The smallest absolute Gasteiger partial charge is 0.280 e. The quantitative estimate of drug-likeness (QED) is 0.579. The zero-order valence-corrected chi connectivity index (χ0v) is 15.5. The minimum atomic E-state index is -0.101. The van der Waals surface area contributed by atoms with Crippen LogP contribution >= 0.6 is 15.9 Å². The second kappa shape index (κ2) is 6.01. The summed E-state index contributed by atoms with van der Waals surface area (Å²) in [6.07, 6.45) is 3.97. The van der Waals surface area contributed by atoms with E-state index in [1.807, 2.05) is 62.6 Å². The fourth-order valence-electron chi connectivity index (χ4n) is 3.09. The van der Waals surface area contributed by atoms with Crippen LogP contribution < -0.4 is 5.01 Å². The lowest BCUT2D eigenvalue weighted by Crippen LogP contribution is -2.21. The lowest BCUT2D eigenvalue weighted by atomic mass is 10.1. The van der Waals surface area contributed by atoms with E-state index in [0.29, 0.717) is 5.57 Å². The van der Waals surface area contributed by atoms with Gasteiger partial charge in [0.25, 0.3) is 5.91 Å². The molecule has 0 radical (unpaired) electrons. The Morgan fingerprint density at radius 3 is 2.64 bits per heavy atom. The minimum absolute atomic E-state index is 0.101. The van der Waals surface area contributed by atoms with E-state index in [2.05, 4.69) is 37.7 Å². The summed E-state index contributed by atoms with van der Waals surface area (Å²) in [5, 5.41) is 7.00. The Kier molecular flexibility index (Phi) is 3.81. The lowest BCUT2D eigenvalue weighted by Gasteiger charge is -2.10. The van der Waals surface area contributed by atoms with Gasteiger partial charge in [-0.05, 0) is 43.3 Å². The zero-order valence-electron chi connectivity index (χ0n) is 13.9. The van der Waals surface area contributed by atoms with Gasteiger partial charge in [0.2, 0.25) is 0 Å². The van der Waals surface area contributed by atoms with Crippen LogP contribution in [0.3, 0.4) is 0 Å².